The Morgan fingerprint density at radius 1 is 1.47 bits per heavy atom. The van der Waals surface area contributed by atoms with Gasteiger partial charge in [-0.2, -0.15) is 12.6 Å². The third kappa shape index (κ3) is 9.70. The van der Waals surface area contributed by atoms with Crippen LogP contribution in [-0.4, -0.2) is 90.2 Å². The van der Waals surface area contributed by atoms with E-state index in [0.29, 0.717) is 31.9 Å². The number of ether oxygens (including phenoxy) is 1. The number of thiol groups is 1. The molecule has 3 atom stereocenters. The molecule has 3 N–H and O–H groups in total. The second-order valence-corrected chi connectivity index (χ2v) is 12.3. The van der Waals surface area contributed by atoms with Crippen LogP contribution in [0.5, 0.6) is 0 Å². The highest BCUT2D eigenvalue weighted by molar-refractivity contribution is 14.2. The molecule has 14 heteroatoms. The van der Waals surface area contributed by atoms with Crippen molar-refractivity contribution in [2.45, 2.75) is 37.4 Å². The van der Waals surface area contributed by atoms with E-state index in [1.54, 1.807) is 0 Å². The highest BCUT2D eigenvalue weighted by Crippen LogP contribution is 2.45. The Bertz CT molecular complexity index is 609. The first-order valence-corrected chi connectivity index (χ1v) is 15.2. The van der Waals surface area contributed by atoms with Crippen LogP contribution in [0.15, 0.2) is 0 Å². The van der Waals surface area contributed by atoms with E-state index >= 15 is 0 Å². The molecule has 0 aliphatic carbocycles. The van der Waals surface area contributed by atoms with Gasteiger partial charge in [0, 0.05) is 44.9 Å². The van der Waals surface area contributed by atoms with Crippen LogP contribution in [0.4, 0.5) is 0 Å². The number of carbonyl (C=O) groups excluding carboxylic acids is 4. The lowest BCUT2D eigenvalue weighted by atomic mass is 10.2. The van der Waals surface area contributed by atoms with E-state index in [1.165, 1.54) is 0 Å². The first-order chi connectivity index (χ1) is 14.3. The van der Waals surface area contributed by atoms with Gasteiger partial charge in [0.05, 0.1) is 12.6 Å². The van der Waals surface area contributed by atoms with Gasteiger partial charge < -0.3 is 15.2 Å². The maximum atomic E-state index is 12.5. The van der Waals surface area contributed by atoms with Gasteiger partial charge in [0.15, 0.2) is 12.5 Å². The number of carbonyl (C=O) groups is 4. The van der Waals surface area contributed by atoms with Crippen molar-refractivity contribution < 1.29 is 29.0 Å². The van der Waals surface area contributed by atoms with Gasteiger partial charge in [-0.3, -0.25) is 28.8 Å². The van der Waals surface area contributed by atoms with Crippen LogP contribution >= 0.6 is 52.1 Å². The molecule has 9 nitrogen and oxygen atoms in total. The summed E-state index contributed by atoms with van der Waals surface area (Å²) in [5.74, 6) is -0.667. The lowest BCUT2D eigenvalue weighted by molar-refractivity contribution is -0.138. The predicted molar refractivity (Wildman–Crippen MR) is 131 cm³/mol. The summed E-state index contributed by atoms with van der Waals surface area (Å²) in [6, 6.07) is -0.500. The molecule has 1 aliphatic heterocycles. The predicted octanol–water partition coefficient (Wildman–Crippen LogP) is 0.581. The Morgan fingerprint density at radius 2 is 2.20 bits per heavy atom. The fraction of sp³-hybridized carbons (Fsp3) is 0.750. The summed E-state index contributed by atoms with van der Waals surface area (Å²) >= 11 is 7.37. The normalized spacial score (nSPS) is 18.4. The van der Waals surface area contributed by atoms with Crippen molar-refractivity contribution in [2.75, 3.05) is 38.7 Å². The van der Waals surface area contributed by atoms with Crippen LogP contribution in [0.2, 0.25) is 6.82 Å². The van der Waals surface area contributed by atoms with E-state index < -0.39 is 16.7 Å². The maximum Gasteiger partial charge on any atom is 0.244 e. The zero-order valence-electron chi connectivity index (χ0n) is 16.7. The van der Waals surface area contributed by atoms with Crippen molar-refractivity contribution in [3.8, 4) is 0 Å². The number of aliphatic hydroxyl groups excluding tert-OH is 1. The molecule has 1 fully saturated rings. The summed E-state index contributed by atoms with van der Waals surface area (Å²) in [5.41, 5.74) is -0.877. The molecule has 3 amide bonds. The van der Waals surface area contributed by atoms with Crippen molar-refractivity contribution in [1.29, 1.82) is 0 Å². The number of nitrogens with zero attached hydrogens (tertiary/aromatic N) is 1. The highest BCUT2D eigenvalue weighted by atomic mass is 127. The van der Waals surface area contributed by atoms with Crippen LogP contribution in [0.25, 0.3) is 0 Å². The third-order valence-electron chi connectivity index (χ3n) is 4.05. The Kier molecular flexibility index (Phi) is 14.8. The van der Waals surface area contributed by atoms with E-state index in [1.807, 2.05) is 13.8 Å². The van der Waals surface area contributed by atoms with E-state index in [-0.39, 0.29) is 49.2 Å². The van der Waals surface area contributed by atoms with E-state index in [0.717, 1.165) is 16.8 Å². The molecule has 1 aliphatic rings. The third-order valence-corrected chi connectivity index (χ3v) is 9.77. The molecule has 0 spiro atoms. The quantitative estimate of drug-likeness (QED) is 0.0392. The van der Waals surface area contributed by atoms with Crippen molar-refractivity contribution >= 4 is 82.3 Å². The number of nitrogens with one attached hydrogen (secondary N) is 2. The van der Waals surface area contributed by atoms with Gasteiger partial charge in [-0.25, -0.2) is 0 Å². The van der Waals surface area contributed by atoms with Crippen LogP contribution in [-0.2, 0) is 23.9 Å². The van der Waals surface area contributed by atoms with Crippen LogP contribution in [0, 0.1) is 0 Å². The number of hydrogen-bond donors (Lipinski definition) is 4. The fourth-order valence-corrected chi connectivity index (χ4v) is 5.72. The molecule has 0 bridgehead atoms. The number of halogens is 1. The fourth-order valence-electron chi connectivity index (χ4n) is 2.42. The minimum absolute atomic E-state index is 0.0160. The molecule has 30 heavy (non-hydrogen) atoms. The van der Waals surface area contributed by atoms with Crippen LogP contribution < -0.4 is 10.0 Å². The van der Waals surface area contributed by atoms with Crippen molar-refractivity contribution in [1.82, 2.24) is 14.9 Å². The Hall–Kier alpha value is 0.0849. The Balaban J connectivity index is 2.38. The van der Waals surface area contributed by atoms with Crippen LogP contribution in [0.1, 0.15) is 19.3 Å². The molecule has 1 heterocycles. The smallest absolute Gasteiger partial charge is 0.244 e. The van der Waals surface area contributed by atoms with Gasteiger partial charge in [0.25, 0.3) is 0 Å². The zero-order chi connectivity index (χ0) is 22.5. The van der Waals surface area contributed by atoms with E-state index in [2.05, 4.69) is 44.7 Å². The minimum atomic E-state index is -0.906. The van der Waals surface area contributed by atoms with Gasteiger partial charge in [-0.05, 0) is 11.9 Å². The molecule has 0 aromatic carbocycles. The van der Waals surface area contributed by atoms with Crippen molar-refractivity contribution in [3.05, 3.63) is 0 Å². The number of aliphatic hydroxyl groups is 1. The highest BCUT2D eigenvalue weighted by Gasteiger charge is 2.39. The molecule has 1 radical (unpaired) electrons. The molecular formula is C16H27BIN3O6PS2. The van der Waals surface area contributed by atoms with E-state index in [9.17, 15) is 19.2 Å². The first kappa shape index (κ1) is 28.1. The molecule has 1 saturated heterocycles. The zero-order valence-corrected chi connectivity index (χ0v) is 21.5. The van der Waals surface area contributed by atoms with Crippen LogP contribution in [0.3, 0.4) is 0 Å². The second-order valence-electron chi connectivity index (χ2n) is 6.24. The van der Waals surface area contributed by atoms with E-state index in [4.69, 9.17) is 9.84 Å². The summed E-state index contributed by atoms with van der Waals surface area (Å²) in [4.78, 5) is 50.0. The van der Waals surface area contributed by atoms with Gasteiger partial charge in [-0.15, -0.1) is 0 Å². The minimum Gasteiger partial charge on any atom is -0.396 e. The SMILES string of the molecule is C[B]P(I)C(=O)[C@H](CS)NSC1CC(=O)N(CCC(=O)NCCOCCCO)C1=O. The van der Waals surface area contributed by atoms with Gasteiger partial charge in [0.2, 0.25) is 17.7 Å². The maximum absolute atomic E-state index is 12.5. The Labute approximate surface area is 201 Å². The summed E-state index contributed by atoms with van der Waals surface area (Å²) in [7, 11) is 0. The standard InChI is InChI=1S/C16H27BIN3O6PS2/c1-17-28(18)16(26)11(10-29)20-30-12-9-14(24)21(15(12)25)5-3-13(23)19-4-8-27-7-2-6-22/h11-12,20,22,29H,2-10H2,1H3,(H,19,23)/t11-,12?,28?/m0/s1. The molecule has 2 unspecified atom stereocenters. The topological polar surface area (TPSA) is 125 Å². The average Bonchev–Trinajstić information content (AvgIpc) is 3.01. The van der Waals surface area contributed by atoms with Gasteiger partial charge in [0.1, 0.15) is 5.25 Å². The summed E-state index contributed by atoms with van der Waals surface area (Å²) < 4.78 is 8.20. The lowest BCUT2D eigenvalue weighted by Gasteiger charge is -2.19. The molecule has 0 aromatic heterocycles. The molecule has 0 saturated carbocycles. The average molecular weight is 590 g/mol. The Morgan fingerprint density at radius 3 is 2.83 bits per heavy atom. The molecule has 0 aromatic rings. The monoisotopic (exact) mass is 590 g/mol. The number of hydrogen-bond acceptors (Lipinski definition) is 9. The largest absolute Gasteiger partial charge is 0.396 e. The number of amides is 3. The van der Waals surface area contributed by atoms with Gasteiger partial charge in [-0.1, -0.05) is 40.8 Å². The van der Waals surface area contributed by atoms with Gasteiger partial charge >= 0.3 is 0 Å². The summed E-state index contributed by atoms with van der Waals surface area (Å²) in [5, 5.41) is 10.7. The van der Waals surface area contributed by atoms with Crippen molar-refractivity contribution in [2.24, 2.45) is 0 Å². The molecule has 169 valence electrons. The number of rotatable bonds is 16. The second kappa shape index (κ2) is 15.8. The summed E-state index contributed by atoms with van der Waals surface area (Å²) in [6.07, 6.45) is 0.589. The summed E-state index contributed by atoms with van der Waals surface area (Å²) in [6.45, 7) is 4.83. The lowest BCUT2D eigenvalue weighted by Crippen LogP contribution is -2.38. The molecular weight excluding hydrogens is 563 g/mol. The number of likely N-dealkylation sites (tertiary alicyclic amines) is 1. The number of imide groups is 1. The van der Waals surface area contributed by atoms with Crippen molar-refractivity contribution in [3.63, 3.8) is 0 Å². The molecule has 1 rings (SSSR count). The first-order valence-electron chi connectivity index (χ1n) is 9.45.